The Balaban J connectivity index is 1.82. The lowest BCUT2D eigenvalue weighted by atomic mass is 9.42. The zero-order valence-electron chi connectivity index (χ0n) is 14.7. The van der Waals surface area contributed by atoms with Gasteiger partial charge in [-0.3, -0.25) is 5.14 Å². The Hall–Kier alpha value is -2.36. The second-order valence-corrected chi connectivity index (χ2v) is 7.43. The quantitative estimate of drug-likeness (QED) is 0.566. The predicted octanol–water partition coefficient (Wildman–Crippen LogP) is 3.86. The van der Waals surface area contributed by atoms with Crippen molar-refractivity contribution in [3.63, 3.8) is 0 Å². The van der Waals surface area contributed by atoms with Crippen LogP contribution >= 0.6 is 11.9 Å². The Morgan fingerprint density at radius 1 is 1.27 bits per heavy atom. The summed E-state index contributed by atoms with van der Waals surface area (Å²) in [5.41, 5.74) is 5.12. The fraction of sp³-hybridized carbons (Fsp3) is 0.250. The first kappa shape index (κ1) is 17.1. The van der Waals surface area contributed by atoms with Crippen LogP contribution in [-0.4, -0.2) is 18.4 Å². The number of rotatable bonds is 4. The van der Waals surface area contributed by atoms with Crippen molar-refractivity contribution in [2.24, 2.45) is 5.14 Å². The van der Waals surface area contributed by atoms with E-state index in [-0.39, 0.29) is 6.71 Å². The molecule has 0 saturated heterocycles. The predicted molar refractivity (Wildman–Crippen MR) is 108 cm³/mol. The highest BCUT2D eigenvalue weighted by Gasteiger charge is 2.28. The minimum atomic E-state index is 0.115. The molecule has 4 nitrogen and oxygen atoms in total. The van der Waals surface area contributed by atoms with E-state index < -0.39 is 0 Å². The molecular formula is C20H20BN3OS. The zero-order chi connectivity index (χ0) is 18.1. The number of aromatic nitrogens is 1. The first-order valence-electron chi connectivity index (χ1n) is 8.76. The Bertz CT molecular complexity index is 991. The van der Waals surface area contributed by atoms with Crippen molar-refractivity contribution in [1.29, 1.82) is 5.26 Å². The van der Waals surface area contributed by atoms with Gasteiger partial charge in [0.05, 0.1) is 12.6 Å². The number of methoxy groups -OCH3 is 1. The van der Waals surface area contributed by atoms with Crippen LogP contribution in [0.15, 0.2) is 47.4 Å². The highest BCUT2D eigenvalue weighted by molar-refractivity contribution is 7.97. The molecule has 0 saturated carbocycles. The summed E-state index contributed by atoms with van der Waals surface area (Å²) in [6, 6.07) is 14.6. The van der Waals surface area contributed by atoms with E-state index >= 15 is 0 Å². The first-order chi connectivity index (χ1) is 12.7. The van der Waals surface area contributed by atoms with Crippen molar-refractivity contribution in [3.05, 3.63) is 59.3 Å². The molecule has 1 aromatic heterocycles. The number of ether oxygens (including phenoxy) is 1. The molecule has 130 valence electrons. The van der Waals surface area contributed by atoms with E-state index in [1.165, 1.54) is 39.7 Å². The fourth-order valence-electron chi connectivity index (χ4n) is 3.90. The summed E-state index contributed by atoms with van der Waals surface area (Å²) < 4.78 is 7.84. The Kier molecular flexibility index (Phi) is 4.67. The number of nitrogens with zero attached hydrogens (tertiary/aromatic N) is 2. The van der Waals surface area contributed by atoms with Gasteiger partial charge in [-0.25, -0.2) is 5.26 Å². The maximum atomic E-state index is 9.37. The van der Waals surface area contributed by atoms with Gasteiger partial charge in [0, 0.05) is 34.6 Å². The van der Waals surface area contributed by atoms with Crippen LogP contribution in [-0.2, 0) is 19.3 Å². The first-order valence-corrected chi connectivity index (χ1v) is 9.64. The van der Waals surface area contributed by atoms with Crippen molar-refractivity contribution < 1.29 is 4.74 Å². The zero-order valence-corrected chi connectivity index (χ0v) is 15.6. The van der Waals surface area contributed by atoms with Crippen molar-refractivity contribution in [2.45, 2.75) is 30.5 Å². The maximum Gasteiger partial charge on any atom is 0.272 e. The molecule has 4 rings (SSSR count). The smallest absolute Gasteiger partial charge is 0.272 e. The molecule has 0 fully saturated rings. The van der Waals surface area contributed by atoms with E-state index in [9.17, 15) is 5.26 Å². The van der Waals surface area contributed by atoms with Crippen molar-refractivity contribution >= 4 is 29.6 Å². The summed E-state index contributed by atoms with van der Waals surface area (Å²) in [4.78, 5) is 1.06. The van der Waals surface area contributed by atoms with Crippen LogP contribution in [0.3, 0.4) is 0 Å². The second kappa shape index (κ2) is 7.10. The monoisotopic (exact) mass is 361 g/mol. The van der Waals surface area contributed by atoms with E-state index in [1.807, 2.05) is 6.07 Å². The van der Waals surface area contributed by atoms with Crippen molar-refractivity contribution in [3.8, 4) is 11.7 Å². The molecule has 0 radical (unpaired) electrons. The molecule has 1 aliphatic rings. The highest BCUT2D eigenvalue weighted by atomic mass is 32.2. The van der Waals surface area contributed by atoms with Gasteiger partial charge in [-0.15, -0.1) is 0 Å². The Labute approximate surface area is 158 Å². The largest absolute Gasteiger partial charge is 0.497 e. The summed E-state index contributed by atoms with van der Waals surface area (Å²) in [6.45, 7) is 0.927. The molecule has 3 aromatic rings. The SMILES string of the molecule is COc1ccc2c3c(n(Cc4ccc(SN)cc4)c2c1)CCB(C#N)C3. The third kappa shape index (κ3) is 2.98. The minimum Gasteiger partial charge on any atom is -0.497 e. The van der Waals surface area contributed by atoms with Crippen LogP contribution < -0.4 is 9.88 Å². The van der Waals surface area contributed by atoms with Crippen LogP contribution in [0.1, 0.15) is 16.8 Å². The van der Waals surface area contributed by atoms with Gasteiger partial charge in [-0.2, -0.15) is 0 Å². The molecule has 0 amide bonds. The summed E-state index contributed by atoms with van der Waals surface area (Å²) in [6.07, 6.45) is 2.71. The van der Waals surface area contributed by atoms with Gasteiger partial charge in [0.25, 0.3) is 6.71 Å². The molecule has 0 bridgehead atoms. The van der Waals surface area contributed by atoms with E-state index in [4.69, 9.17) is 9.88 Å². The van der Waals surface area contributed by atoms with E-state index in [0.717, 1.165) is 36.3 Å². The maximum absolute atomic E-state index is 9.37. The third-order valence-corrected chi connectivity index (χ3v) is 5.80. The van der Waals surface area contributed by atoms with Crippen LogP contribution in [0.25, 0.3) is 10.9 Å². The fourth-order valence-corrected chi connectivity index (χ4v) is 4.19. The number of hydrogen-bond donors (Lipinski definition) is 1. The third-order valence-electron chi connectivity index (χ3n) is 5.26. The molecule has 0 spiro atoms. The molecule has 6 heteroatoms. The number of nitriles is 1. The molecular weight excluding hydrogens is 341 g/mol. The highest BCUT2D eigenvalue weighted by Crippen LogP contribution is 2.34. The topological polar surface area (TPSA) is 64.0 Å². The Morgan fingerprint density at radius 2 is 2.08 bits per heavy atom. The average Bonchev–Trinajstić information content (AvgIpc) is 3.00. The van der Waals surface area contributed by atoms with Crippen molar-refractivity contribution in [2.75, 3.05) is 7.11 Å². The molecule has 0 aliphatic carbocycles. The molecule has 2 N–H and O–H groups in total. The molecule has 1 aliphatic heterocycles. The van der Waals surface area contributed by atoms with Gasteiger partial charge in [-0.1, -0.05) is 18.5 Å². The van der Waals surface area contributed by atoms with Crippen LogP contribution in [0, 0.1) is 11.2 Å². The van der Waals surface area contributed by atoms with Crippen molar-refractivity contribution in [1.82, 2.24) is 4.57 Å². The molecule has 0 unspecified atom stereocenters. The standard InChI is InChI=1S/C20H20BN3OS/c1-25-15-4-7-17-18-11-21(13-22)9-8-19(18)24(20(17)10-15)12-14-2-5-16(26-23)6-3-14/h2-7,10H,8-9,11-12,23H2,1H3. The van der Waals surface area contributed by atoms with E-state index in [0.29, 0.717) is 0 Å². The van der Waals surface area contributed by atoms with Gasteiger partial charge in [0.15, 0.2) is 0 Å². The molecule has 0 atom stereocenters. The summed E-state index contributed by atoms with van der Waals surface area (Å²) >= 11 is 1.26. The number of hydrogen-bond acceptors (Lipinski definition) is 4. The van der Waals surface area contributed by atoms with E-state index in [1.54, 1.807) is 7.11 Å². The lowest BCUT2D eigenvalue weighted by molar-refractivity contribution is 0.415. The number of nitrogens with two attached hydrogens (primary N) is 1. The van der Waals surface area contributed by atoms with Crippen LogP contribution in [0.5, 0.6) is 5.75 Å². The normalized spacial score (nSPS) is 13.5. The van der Waals surface area contributed by atoms with Crippen LogP contribution in [0.2, 0.25) is 6.32 Å². The molecule has 26 heavy (non-hydrogen) atoms. The van der Waals surface area contributed by atoms with Gasteiger partial charge in [-0.05, 0) is 60.1 Å². The summed E-state index contributed by atoms with van der Waals surface area (Å²) in [5.74, 6) is 3.32. The Morgan fingerprint density at radius 3 is 2.77 bits per heavy atom. The lowest BCUT2D eigenvalue weighted by Crippen LogP contribution is -2.22. The van der Waals surface area contributed by atoms with E-state index in [2.05, 4.69) is 46.9 Å². The summed E-state index contributed by atoms with van der Waals surface area (Å²) in [7, 11) is 1.70. The van der Waals surface area contributed by atoms with Crippen LogP contribution in [0.4, 0.5) is 0 Å². The average molecular weight is 361 g/mol. The summed E-state index contributed by atoms with van der Waals surface area (Å²) in [5, 5.41) is 16.2. The van der Waals surface area contributed by atoms with Gasteiger partial charge in [0.2, 0.25) is 0 Å². The van der Waals surface area contributed by atoms with Gasteiger partial charge < -0.3 is 9.30 Å². The molecule has 2 aromatic carbocycles. The second-order valence-electron chi connectivity index (χ2n) is 6.73. The number of fused-ring (bicyclic) bond motifs is 3. The minimum absolute atomic E-state index is 0.115. The van der Waals surface area contributed by atoms with Gasteiger partial charge in [0.1, 0.15) is 5.75 Å². The molecule has 2 heterocycles. The number of benzene rings is 2. The lowest BCUT2D eigenvalue weighted by Gasteiger charge is -2.18. The van der Waals surface area contributed by atoms with Gasteiger partial charge >= 0.3 is 0 Å².